The van der Waals surface area contributed by atoms with Gasteiger partial charge in [-0.05, 0) is 17.7 Å². The second-order valence-electron chi connectivity index (χ2n) is 4.19. The fourth-order valence-corrected chi connectivity index (χ4v) is 1.71. The first-order valence-corrected chi connectivity index (χ1v) is 5.88. The predicted octanol–water partition coefficient (Wildman–Crippen LogP) is 0.829. The maximum absolute atomic E-state index is 12.1. The van der Waals surface area contributed by atoms with E-state index >= 15 is 0 Å². The molecule has 104 valence electrons. The molecule has 0 saturated carbocycles. The zero-order chi connectivity index (χ0) is 14.7. The number of carbonyl (C=O) groups is 2. The van der Waals surface area contributed by atoms with Crippen LogP contribution in [-0.2, 0) is 13.6 Å². The fourth-order valence-electron chi connectivity index (χ4n) is 1.71. The summed E-state index contributed by atoms with van der Waals surface area (Å²) in [6.07, 6.45) is 1.19. The average Bonchev–Trinajstić information content (AvgIpc) is 2.80. The van der Waals surface area contributed by atoms with E-state index in [-0.39, 0.29) is 11.4 Å². The van der Waals surface area contributed by atoms with Gasteiger partial charge in [-0.3, -0.25) is 9.48 Å². The van der Waals surface area contributed by atoms with Gasteiger partial charge in [0.1, 0.15) is 11.4 Å². The van der Waals surface area contributed by atoms with Crippen molar-refractivity contribution >= 4 is 17.7 Å². The van der Waals surface area contributed by atoms with E-state index in [0.29, 0.717) is 12.1 Å². The van der Waals surface area contributed by atoms with Crippen molar-refractivity contribution in [1.82, 2.24) is 9.78 Å². The first-order chi connectivity index (χ1) is 9.52. The Balaban J connectivity index is 2.23. The summed E-state index contributed by atoms with van der Waals surface area (Å²) < 4.78 is 1.30. The van der Waals surface area contributed by atoms with Crippen molar-refractivity contribution in [2.75, 3.05) is 5.32 Å². The van der Waals surface area contributed by atoms with E-state index in [4.69, 9.17) is 10.8 Å². The number of carbonyl (C=O) groups excluding carboxylic acids is 1. The standard InChI is InChI=1S/C13H14N4O3/c1-17-11(10(7-15-17)13(19)20)16-12(18)9-4-2-8(6-14)3-5-9/h2-5,7H,6,14H2,1H3,(H,16,18)(H,19,20). The molecule has 0 saturated heterocycles. The molecule has 0 bridgehead atoms. The topological polar surface area (TPSA) is 110 Å². The molecular weight excluding hydrogens is 260 g/mol. The summed E-state index contributed by atoms with van der Waals surface area (Å²) in [5, 5.41) is 15.4. The van der Waals surface area contributed by atoms with Crippen molar-refractivity contribution in [2.24, 2.45) is 12.8 Å². The molecule has 2 aromatic rings. The Kier molecular flexibility index (Phi) is 3.81. The van der Waals surface area contributed by atoms with Gasteiger partial charge < -0.3 is 16.2 Å². The highest BCUT2D eigenvalue weighted by atomic mass is 16.4. The highest BCUT2D eigenvalue weighted by Gasteiger charge is 2.17. The van der Waals surface area contributed by atoms with E-state index in [1.807, 2.05) is 0 Å². The van der Waals surface area contributed by atoms with Gasteiger partial charge in [-0.15, -0.1) is 0 Å². The monoisotopic (exact) mass is 274 g/mol. The van der Waals surface area contributed by atoms with Gasteiger partial charge in [-0.1, -0.05) is 12.1 Å². The number of hydrogen-bond acceptors (Lipinski definition) is 4. The fraction of sp³-hybridized carbons (Fsp3) is 0.154. The smallest absolute Gasteiger partial charge is 0.341 e. The molecule has 7 nitrogen and oxygen atoms in total. The number of carboxylic acid groups (broad SMARTS) is 1. The molecule has 7 heteroatoms. The molecule has 0 unspecified atom stereocenters. The molecule has 0 fully saturated rings. The van der Waals surface area contributed by atoms with Gasteiger partial charge in [0.15, 0.2) is 0 Å². The minimum Gasteiger partial charge on any atom is -0.477 e. The van der Waals surface area contributed by atoms with Gasteiger partial charge in [0.2, 0.25) is 0 Å². The van der Waals surface area contributed by atoms with Crippen LogP contribution in [-0.4, -0.2) is 26.8 Å². The van der Waals surface area contributed by atoms with E-state index < -0.39 is 11.9 Å². The Morgan fingerprint density at radius 1 is 1.35 bits per heavy atom. The Bertz CT molecular complexity index is 646. The van der Waals surface area contributed by atoms with Crippen LogP contribution in [0.1, 0.15) is 26.3 Å². The molecule has 20 heavy (non-hydrogen) atoms. The maximum Gasteiger partial charge on any atom is 0.341 e. The minimum atomic E-state index is -1.15. The lowest BCUT2D eigenvalue weighted by Crippen LogP contribution is -2.17. The number of amides is 1. The molecule has 0 aliphatic heterocycles. The van der Waals surface area contributed by atoms with Crippen LogP contribution in [0, 0.1) is 0 Å². The Morgan fingerprint density at radius 2 is 2.00 bits per heavy atom. The Labute approximate surface area is 115 Å². The molecule has 0 aliphatic rings. The number of aromatic nitrogens is 2. The van der Waals surface area contributed by atoms with E-state index in [1.165, 1.54) is 10.9 Å². The van der Waals surface area contributed by atoms with Crippen molar-refractivity contribution < 1.29 is 14.7 Å². The highest BCUT2D eigenvalue weighted by molar-refractivity contribution is 6.06. The van der Waals surface area contributed by atoms with Crippen molar-refractivity contribution in [3.63, 3.8) is 0 Å². The maximum atomic E-state index is 12.1. The van der Waals surface area contributed by atoms with E-state index in [0.717, 1.165) is 5.56 Å². The molecule has 1 heterocycles. The van der Waals surface area contributed by atoms with Crippen LogP contribution < -0.4 is 11.1 Å². The Hall–Kier alpha value is -2.67. The molecule has 0 atom stereocenters. The Morgan fingerprint density at radius 3 is 2.55 bits per heavy atom. The molecule has 2 rings (SSSR count). The second-order valence-corrected chi connectivity index (χ2v) is 4.19. The van der Waals surface area contributed by atoms with Crippen LogP contribution in [0.15, 0.2) is 30.5 Å². The molecule has 0 aliphatic carbocycles. The number of rotatable bonds is 4. The molecule has 1 aromatic carbocycles. The number of aryl methyl sites for hydroxylation is 1. The summed E-state index contributed by atoms with van der Waals surface area (Å²) in [5.41, 5.74) is 6.75. The van der Waals surface area contributed by atoms with Crippen LogP contribution >= 0.6 is 0 Å². The number of hydrogen-bond donors (Lipinski definition) is 3. The van der Waals surface area contributed by atoms with Gasteiger partial charge in [-0.25, -0.2) is 4.79 Å². The highest BCUT2D eigenvalue weighted by Crippen LogP contribution is 2.15. The number of carboxylic acids is 1. The normalized spacial score (nSPS) is 10.3. The number of aromatic carboxylic acids is 1. The zero-order valence-electron chi connectivity index (χ0n) is 10.8. The summed E-state index contributed by atoms with van der Waals surface area (Å²) in [5.74, 6) is -1.41. The third-order valence-corrected chi connectivity index (χ3v) is 2.85. The lowest BCUT2D eigenvalue weighted by Gasteiger charge is -2.07. The largest absolute Gasteiger partial charge is 0.477 e. The number of nitrogens with two attached hydrogens (primary N) is 1. The number of nitrogens with one attached hydrogen (secondary N) is 1. The molecule has 0 spiro atoms. The lowest BCUT2D eigenvalue weighted by atomic mass is 10.1. The SMILES string of the molecule is Cn1ncc(C(=O)O)c1NC(=O)c1ccc(CN)cc1. The third-order valence-electron chi connectivity index (χ3n) is 2.85. The minimum absolute atomic E-state index is 0.0561. The second kappa shape index (κ2) is 5.54. The van der Waals surface area contributed by atoms with Crippen molar-refractivity contribution in [1.29, 1.82) is 0 Å². The van der Waals surface area contributed by atoms with Gasteiger partial charge in [0.25, 0.3) is 5.91 Å². The number of nitrogens with zero attached hydrogens (tertiary/aromatic N) is 2. The van der Waals surface area contributed by atoms with Crippen LogP contribution in [0.5, 0.6) is 0 Å². The van der Waals surface area contributed by atoms with Crippen LogP contribution in [0.4, 0.5) is 5.82 Å². The van der Waals surface area contributed by atoms with E-state index in [1.54, 1.807) is 31.3 Å². The average molecular weight is 274 g/mol. The molecule has 1 amide bonds. The number of benzene rings is 1. The summed E-state index contributed by atoms with van der Waals surface area (Å²) in [7, 11) is 1.56. The van der Waals surface area contributed by atoms with Gasteiger partial charge in [0.05, 0.1) is 6.20 Å². The van der Waals surface area contributed by atoms with Crippen LogP contribution in [0.3, 0.4) is 0 Å². The summed E-state index contributed by atoms with van der Waals surface area (Å²) >= 11 is 0. The summed E-state index contributed by atoms with van der Waals surface area (Å²) in [6.45, 7) is 0.396. The number of anilines is 1. The van der Waals surface area contributed by atoms with Crippen molar-refractivity contribution in [2.45, 2.75) is 6.54 Å². The zero-order valence-corrected chi connectivity index (χ0v) is 10.8. The quantitative estimate of drug-likeness (QED) is 0.764. The van der Waals surface area contributed by atoms with Gasteiger partial charge >= 0.3 is 5.97 Å². The first-order valence-electron chi connectivity index (χ1n) is 5.88. The van der Waals surface area contributed by atoms with Crippen LogP contribution in [0.25, 0.3) is 0 Å². The van der Waals surface area contributed by atoms with E-state index in [2.05, 4.69) is 10.4 Å². The molecular formula is C13H14N4O3. The van der Waals surface area contributed by atoms with Crippen LogP contribution in [0.2, 0.25) is 0 Å². The molecule has 0 radical (unpaired) electrons. The summed E-state index contributed by atoms with van der Waals surface area (Å²) in [4.78, 5) is 23.1. The van der Waals surface area contributed by atoms with Crippen molar-refractivity contribution in [3.8, 4) is 0 Å². The summed E-state index contributed by atoms with van der Waals surface area (Å²) in [6, 6.07) is 6.76. The lowest BCUT2D eigenvalue weighted by molar-refractivity contribution is 0.0698. The van der Waals surface area contributed by atoms with Gasteiger partial charge in [0, 0.05) is 19.2 Å². The van der Waals surface area contributed by atoms with E-state index in [9.17, 15) is 9.59 Å². The van der Waals surface area contributed by atoms with Gasteiger partial charge in [-0.2, -0.15) is 5.10 Å². The molecule has 4 N–H and O–H groups in total. The predicted molar refractivity (Wildman–Crippen MR) is 72.5 cm³/mol. The molecule has 1 aromatic heterocycles. The van der Waals surface area contributed by atoms with Crippen molar-refractivity contribution in [3.05, 3.63) is 47.2 Å². The first kappa shape index (κ1) is 13.8. The third kappa shape index (κ3) is 2.67.